The lowest BCUT2D eigenvalue weighted by molar-refractivity contribution is 0.291. The van der Waals surface area contributed by atoms with Gasteiger partial charge < -0.3 is 0 Å². The van der Waals surface area contributed by atoms with Crippen molar-refractivity contribution < 1.29 is 21.5 Å². The zero-order valence-electron chi connectivity index (χ0n) is 12.4. The highest BCUT2D eigenvalue weighted by atomic mass is 32.2. The molecule has 0 aliphatic heterocycles. The third kappa shape index (κ3) is 3.46. The zero-order valence-corrected chi connectivity index (χ0v) is 14.1. The maximum absolute atomic E-state index is 12.6. The van der Waals surface area contributed by atoms with E-state index in [4.69, 9.17) is 4.91 Å². The van der Waals surface area contributed by atoms with Crippen molar-refractivity contribution in [1.82, 2.24) is 10.3 Å². The molecule has 0 atom stereocenters. The van der Waals surface area contributed by atoms with E-state index in [1.165, 1.54) is 48.5 Å². The number of hydrogen-bond acceptors (Lipinski definition) is 9. The van der Waals surface area contributed by atoms with Crippen LogP contribution in [0.15, 0.2) is 85.1 Å². The molecule has 0 amide bonds. The van der Waals surface area contributed by atoms with Gasteiger partial charge in [0.05, 0.1) is 9.79 Å². The van der Waals surface area contributed by atoms with E-state index in [2.05, 4.69) is 20.5 Å². The first kappa shape index (κ1) is 18.4. The van der Waals surface area contributed by atoms with Gasteiger partial charge in [-0.15, -0.1) is 0 Å². The lowest BCUT2D eigenvalue weighted by Crippen LogP contribution is -2.10. The maximum Gasteiger partial charge on any atom is 0.243 e. The summed E-state index contributed by atoms with van der Waals surface area (Å²) in [6.07, 6.45) is 0. The summed E-state index contributed by atoms with van der Waals surface area (Å²) in [4.78, 5) is 7.31. The molecule has 130 valence electrons. The molecule has 0 spiro atoms. The van der Waals surface area contributed by atoms with E-state index in [-0.39, 0.29) is 9.79 Å². The molecule has 3 rings (SSSR count). The predicted molar refractivity (Wildman–Crippen MR) is 84.2 cm³/mol. The van der Waals surface area contributed by atoms with E-state index >= 15 is 0 Å². The third-order valence-electron chi connectivity index (χ3n) is 3.05. The summed E-state index contributed by atoms with van der Waals surface area (Å²) < 4.78 is 54.7. The Hall–Kier alpha value is -2.92. The average molecular weight is 381 g/mol. The number of benzene rings is 2. The summed E-state index contributed by atoms with van der Waals surface area (Å²) >= 11 is 0. The summed E-state index contributed by atoms with van der Waals surface area (Å²) in [5, 5.41) is 5.15. The van der Waals surface area contributed by atoms with Gasteiger partial charge in [0.1, 0.15) is 0 Å². The highest BCUT2D eigenvalue weighted by Crippen LogP contribution is 2.28. The van der Waals surface area contributed by atoms with Gasteiger partial charge in [0.2, 0.25) is 29.7 Å². The predicted octanol–water partition coefficient (Wildman–Crippen LogP) is 2.07. The number of nitroso groups, excluding NO2 is 1. The second kappa shape index (κ2) is 7.32. The van der Waals surface area contributed by atoms with Crippen LogP contribution in [0.5, 0.6) is 0 Å². The molecule has 0 saturated heterocycles. The van der Waals surface area contributed by atoms with Crippen molar-refractivity contribution in [3.8, 4) is 0 Å². The van der Waals surface area contributed by atoms with E-state index < -0.39 is 29.7 Å². The molecule has 1 N–H and O–H groups in total. The molecule has 2 aromatic carbocycles. The fraction of sp³-hybridized carbons (Fsp3) is 0. The normalized spacial score (nSPS) is 11.4. The standard InChI is InChI=1S/C14H10N2O5S2.HNO/c17-22(18,11-7-3-1-4-8-11)13-14(16-21-15-13)23(19,20)12-9-5-2-6-10-12;1-2/h1-10H;1H. The summed E-state index contributed by atoms with van der Waals surface area (Å²) in [7, 11) is -8.33. The van der Waals surface area contributed by atoms with Crippen LogP contribution >= 0.6 is 0 Å². The molecule has 0 bridgehead atoms. The van der Waals surface area contributed by atoms with Gasteiger partial charge in [-0.1, -0.05) is 42.0 Å². The lowest BCUT2D eigenvalue weighted by Gasteiger charge is -2.03. The molecule has 0 aliphatic carbocycles. The molecule has 3 aromatic rings. The number of aromatic nitrogens is 2. The first-order valence-corrected chi connectivity index (χ1v) is 9.54. The molecular formula is C14H11N3O6S2. The van der Waals surface area contributed by atoms with Crippen molar-refractivity contribution in [1.29, 1.82) is 5.59 Å². The van der Waals surface area contributed by atoms with Crippen LogP contribution in [-0.4, -0.2) is 27.1 Å². The molecule has 0 saturated carbocycles. The number of sulfone groups is 2. The fourth-order valence-corrected chi connectivity index (χ4v) is 4.86. The molecule has 0 unspecified atom stereocenters. The van der Waals surface area contributed by atoms with Crippen LogP contribution in [0.4, 0.5) is 0 Å². The fourth-order valence-electron chi connectivity index (χ4n) is 1.92. The molecule has 1 heterocycles. The summed E-state index contributed by atoms with van der Waals surface area (Å²) in [5.41, 5.74) is 4.50. The Morgan fingerprint density at radius 2 is 0.960 bits per heavy atom. The molecule has 0 radical (unpaired) electrons. The van der Waals surface area contributed by atoms with Gasteiger partial charge in [-0.2, -0.15) is 4.91 Å². The quantitative estimate of drug-likeness (QED) is 0.675. The SMILES string of the molecule is N=O.O=S(=O)(c1ccccc1)c1nonc1S(=O)(=O)c1ccccc1. The first-order valence-electron chi connectivity index (χ1n) is 6.57. The van der Waals surface area contributed by atoms with Crippen LogP contribution in [0.3, 0.4) is 0 Å². The van der Waals surface area contributed by atoms with E-state index in [9.17, 15) is 16.8 Å². The zero-order chi connectivity index (χ0) is 18.5. The Labute approximate surface area is 142 Å². The van der Waals surface area contributed by atoms with Gasteiger partial charge >= 0.3 is 0 Å². The van der Waals surface area contributed by atoms with Crippen molar-refractivity contribution in [2.75, 3.05) is 0 Å². The topological polar surface area (TPSA) is 148 Å². The molecule has 11 heteroatoms. The highest BCUT2D eigenvalue weighted by molar-refractivity contribution is 7.94. The average Bonchev–Trinajstić information content (AvgIpc) is 3.16. The second-order valence-electron chi connectivity index (χ2n) is 4.51. The molecule has 25 heavy (non-hydrogen) atoms. The van der Waals surface area contributed by atoms with Gasteiger partial charge in [0, 0.05) is 0 Å². The van der Waals surface area contributed by atoms with Gasteiger partial charge in [0.25, 0.3) is 0 Å². The summed E-state index contributed by atoms with van der Waals surface area (Å²) in [5.74, 6) is 0. The second-order valence-corrected chi connectivity index (χ2v) is 8.24. The summed E-state index contributed by atoms with van der Waals surface area (Å²) in [6, 6.07) is 14.7. The van der Waals surface area contributed by atoms with Crippen LogP contribution < -0.4 is 0 Å². The van der Waals surface area contributed by atoms with Crippen LogP contribution in [-0.2, 0) is 19.7 Å². The number of hydrogen-bond donors (Lipinski definition) is 1. The smallest absolute Gasteiger partial charge is 0.242 e. The minimum Gasteiger partial charge on any atom is -0.242 e. The van der Waals surface area contributed by atoms with Crippen molar-refractivity contribution >= 4 is 19.7 Å². The molecule has 0 aliphatic rings. The van der Waals surface area contributed by atoms with Crippen molar-refractivity contribution in [3.05, 3.63) is 65.6 Å². The monoisotopic (exact) mass is 381 g/mol. The summed E-state index contributed by atoms with van der Waals surface area (Å²) in [6.45, 7) is 0. The molecular weight excluding hydrogens is 370 g/mol. The van der Waals surface area contributed by atoms with Crippen molar-refractivity contribution in [3.63, 3.8) is 0 Å². The Morgan fingerprint density at radius 1 is 0.640 bits per heavy atom. The van der Waals surface area contributed by atoms with E-state index in [0.29, 0.717) is 0 Å². The maximum atomic E-state index is 12.6. The van der Waals surface area contributed by atoms with Crippen LogP contribution in [0, 0.1) is 10.5 Å². The Morgan fingerprint density at radius 3 is 1.28 bits per heavy atom. The van der Waals surface area contributed by atoms with Gasteiger partial charge in [-0.05, 0) is 34.6 Å². The number of nitrogens with one attached hydrogen (secondary N) is 1. The van der Waals surface area contributed by atoms with Crippen LogP contribution in [0.1, 0.15) is 0 Å². The Kier molecular flexibility index (Phi) is 5.39. The largest absolute Gasteiger partial charge is 0.243 e. The minimum absolute atomic E-state index is 0.0970. The number of rotatable bonds is 4. The number of nitrogens with zero attached hydrogens (tertiary/aromatic N) is 2. The van der Waals surface area contributed by atoms with Gasteiger partial charge in [0.15, 0.2) is 0 Å². The molecule has 0 fully saturated rings. The van der Waals surface area contributed by atoms with E-state index in [1.807, 2.05) is 0 Å². The van der Waals surface area contributed by atoms with Gasteiger partial charge in [-0.3, -0.25) is 0 Å². The minimum atomic E-state index is -4.16. The first-order chi connectivity index (χ1) is 11.9. The van der Waals surface area contributed by atoms with Crippen molar-refractivity contribution in [2.45, 2.75) is 19.8 Å². The van der Waals surface area contributed by atoms with E-state index in [1.54, 1.807) is 12.1 Å². The van der Waals surface area contributed by atoms with E-state index in [0.717, 1.165) is 0 Å². The van der Waals surface area contributed by atoms with Gasteiger partial charge in [-0.25, -0.2) is 21.5 Å². The lowest BCUT2D eigenvalue weighted by atomic mass is 10.4. The Bertz CT molecular complexity index is 964. The third-order valence-corrected chi connectivity index (χ3v) is 6.52. The molecule has 1 aromatic heterocycles. The van der Waals surface area contributed by atoms with Crippen molar-refractivity contribution in [2.24, 2.45) is 0 Å². The Balaban J connectivity index is 0.00000109. The van der Waals surface area contributed by atoms with Crippen LogP contribution in [0.2, 0.25) is 0 Å². The van der Waals surface area contributed by atoms with Crippen LogP contribution in [0.25, 0.3) is 0 Å². The highest BCUT2D eigenvalue weighted by Gasteiger charge is 2.35. The molecule has 9 nitrogen and oxygen atoms in total.